The SMILES string of the molecule is CC1CC=C(c2ccc(-n3c4ccccc4c4ccccc43)cc2)C=C1c1ccc2c3ccccc3c3cc(-c4ccc(-c5cccc(-c6ccc7c8ccccc8c8ccccc8c7c6)c5)c5sc6c(-c7ccccc7)cccc6c45)ccc3c2c1. The van der Waals surface area contributed by atoms with E-state index in [1.165, 1.54) is 179 Å². The highest BCUT2D eigenvalue weighted by Gasteiger charge is 2.23. The normalized spacial score (nSPS) is 13.8. The number of aromatic nitrogens is 1. The van der Waals surface area contributed by atoms with Crippen LogP contribution in [0, 0.1) is 5.92 Å². The molecule has 0 amide bonds. The van der Waals surface area contributed by atoms with E-state index in [1.807, 2.05) is 11.3 Å². The van der Waals surface area contributed by atoms with E-state index in [0.29, 0.717) is 5.92 Å². The van der Waals surface area contributed by atoms with Crippen molar-refractivity contribution in [1.82, 2.24) is 4.57 Å². The molecular formula is C85H55NS. The standard InChI is InChI=1S/C85H55NS/c1-52-33-34-56(53-35-40-61(41-36-53)86-81-31-13-11-27-74(81)75-28-12-14-32-82(75)86)48-77(52)60-39-43-72-68-24-8-10-26-70(68)79-50-59(38-44-73(79)80(72)51-60)62-45-46-64(85-83(62)76-30-16-29-63(84(76)87-85)54-17-3-2-4-18-54)58-20-15-19-55(47-58)57-37-42-71-67-23-6-5-21-65(67)66-22-7-9-25-69(66)78(71)49-57/h2-32,34-52H,33H2,1H3. The summed E-state index contributed by atoms with van der Waals surface area (Å²) in [6, 6.07) is 107. The van der Waals surface area contributed by atoms with Crippen molar-refractivity contribution in [2.45, 2.75) is 13.3 Å². The number of allylic oxidation sites excluding steroid dienone is 4. The van der Waals surface area contributed by atoms with Crippen LogP contribution in [0.4, 0.5) is 0 Å². The van der Waals surface area contributed by atoms with Crippen LogP contribution >= 0.6 is 11.3 Å². The van der Waals surface area contributed by atoms with Crippen LogP contribution in [0.3, 0.4) is 0 Å². The van der Waals surface area contributed by atoms with Gasteiger partial charge in [-0.25, -0.2) is 0 Å². The molecule has 15 aromatic carbocycles. The Morgan fingerprint density at radius 1 is 0.299 bits per heavy atom. The molecule has 0 bridgehead atoms. The molecule has 2 heteroatoms. The second-order valence-electron chi connectivity index (χ2n) is 23.8. The molecule has 18 rings (SSSR count). The topological polar surface area (TPSA) is 4.93 Å². The second kappa shape index (κ2) is 19.7. The molecule has 406 valence electrons. The fraction of sp³-hybridized carbons (Fsp3) is 0.0353. The number of fused-ring (bicyclic) bond motifs is 18. The van der Waals surface area contributed by atoms with E-state index < -0.39 is 0 Å². The lowest BCUT2D eigenvalue weighted by Crippen LogP contribution is -2.03. The summed E-state index contributed by atoms with van der Waals surface area (Å²) in [4.78, 5) is 0. The summed E-state index contributed by atoms with van der Waals surface area (Å²) in [5, 5.41) is 20.5. The molecule has 0 N–H and O–H groups in total. The average Bonchev–Trinajstić information content (AvgIpc) is 3.91. The molecule has 87 heavy (non-hydrogen) atoms. The van der Waals surface area contributed by atoms with Gasteiger partial charge in [0, 0.05) is 36.6 Å². The number of para-hydroxylation sites is 2. The zero-order valence-electron chi connectivity index (χ0n) is 47.9. The predicted octanol–water partition coefficient (Wildman–Crippen LogP) is 24.2. The van der Waals surface area contributed by atoms with Crippen molar-refractivity contribution in [3.8, 4) is 50.2 Å². The van der Waals surface area contributed by atoms with Crippen LogP contribution in [0.5, 0.6) is 0 Å². The third-order valence-electron chi connectivity index (χ3n) is 19.0. The number of benzene rings is 15. The van der Waals surface area contributed by atoms with E-state index in [4.69, 9.17) is 0 Å². The maximum Gasteiger partial charge on any atom is 0.0541 e. The van der Waals surface area contributed by atoms with E-state index in [1.54, 1.807) is 0 Å². The van der Waals surface area contributed by atoms with Gasteiger partial charge in [0.05, 0.1) is 11.0 Å². The molecule has 0 saturated carbocycles. The first kappa shape index (κ1) is 49.8. The van der Waals surface area contributed by atoms with Crippen molar-refractivity contribution in [2.24, 2.45) is 5.92 Å². The fourth-order valence-electron chi connectivity index (χ4n) is 14.8. The first-order valence-corrected chi connectivity index (χ1v) is 31.3. The van der Waals surface area contributed by atoms with Gasteiger partial charge in [-0.2, -0.15) is 0 Å². The Morgan fingerprint density at radius 3 is 1.37 bits per heavy atom. The van der Waals surface area contributed by atoms with Crippen LogP contribution in [0.2, 0.25) is 0 Å². The molecule has 1 nitrogen and oxygen atoms in total. The van der Waals surface area contributed by atoms with Crippen molar-refractivity contribution in [1.29, 1.82) is 0 Å². The molecule has 1 aliphatic rings. The van der Waals surface area contributed by atoms with E-state index in [9.17, 15) is 0 Å². The lowest BCUT2D eigenvalue weighted by molar-refractivity contribution is 0.761. The smallest absolute Gasteiger partial charge is 0.0541 e. The van der Waals surface area contributed by atoms with Crippen molar-refractivity contribution in [3.05, 3.63) is 308 Å². The highest BCUT2D eigenvalue weighted by Crippen LogP contribution is 2.50. The van der Waals surface area contributed by atoms with Gasteiger partial charge in [0.2, 0.25) is 0 Å². The highest BCUT2D eigenvalue weighted by molar-refractivity contribution is 7.27. The monoisotopic (exact) mass is 1120 g/mol. The van der Waals surface area contributed by atoms with Crippen LogP contribution in [-0.4, -0.2) is 4.57 Å². The van der Waals surface area contributed by atoms with Gasteiger partial charge in [-0.3, -0.25) is 0 Å². The predicted molar refractivity (Wildman–Crippen MR) is 377 cm³/mol. The quantitative estimate of drug-likeness (QED) is 0.140. The molecule has 0 radical (unpaired) electrons. The van der Waals surface area contributed by atoms with Crippen LogP contribution in [0.1, 0.15) is 24.5 Å². The van der Waals surface area contributed by atoms with Gasteiger partial charge >= 0.3 is 0 Å². The largest absolute Gasteiger partial charge is 0.309 e. The Labute approximate surface area is 508 Å². The summed E-state index contributed by atoms with van der Waals surface area (Å²) in [7, 11) is 0. The third-order valence-corrected chi connectivity index (χ3v) is 20.3. The minimum Gasteiger partial charge on any atom is -0.309 e. The third kappa shape index (κ3) is 7.85. The minimum absolute atomic E-state index is 0.373. The number of thiophene rings is 1. The van der Waals surface area contributed by atoms with Gasteiger partial charge < -0.3 is 4.57 Å². The Hall–Kier alpha value is -10.6. The summed E-state index contributed by atoms with van der Waals surface area (Å²) in [5.74, 6) is 0.373. The molecule has 0 spiro atoms. The van der Waals surface area contributed by atoms with Gasteiger partial charge in [0.15, 0.2) is 0 Å². The Morgan fingerprint density at radius 2 is 0.724 bits per heavy atom. The average molecular weight is 1120 g/mol. The zero-order chi connectivity index (χ0) is 57.3. The van der Waals surface area contributed by atoms with Gasteiger partial charge in [0.1, 0.15) is 0 Å². The second-order valence-corrected chi connectivity index (χ2v) is 24.8. The summed E-state index contributed by atoms with van der Waals surface area (Å²) < 4.78 is 5.01. The number of hydrogen-bond donors (Lipinski definition) is 0. The van der Waals surface area contributed by atoms with E-state index >= 15 is 0 Å². The van der Waals surface area contributed by atoms with Crippen molar-refractivity contribution in [2.75, 3.05) is 0 Å². The first-order chi connectivity index (χ1) is 43.1. The molecule has 0 fully saturated rings. The summed E-state index contributed by atoms with van der Waals surface area (Å²) in [6.07, 6.45) is 5.88. The van der Waals surface area contributed by atoms with Crippen LogP contribution in [-0.2, 0) is 0 Å². The zero-order valence-corrected chi connectivity index (χ0v) is 48.7. The Balaban J connectivity index is 0.761. The van der Waals surface area contributed by atoms with Gasteiger partial charge in [-0.15, -0.1) is 11.3 Å². The van der Waals surface area contributed by atoms with Gasteiger partial charge in [-0.05, 0) is 192 Å². The molecule has 0 aliphatic heterocycles. The van der Waals surface area contributed by atoms with Crippen molar-refractivity contribution in [3.63, 3.8) is 0 Å². The lowest BCUT2D eigenvalue weighted by Gasteiger charge is -2.22. The molecule has 2 heterocycles. The number of nitrogens with zero attached hydrogens (tertiary/aromatic N) is 1. The summed E-state index contributed by atoms with van der Waals surface area (Å²) in [5.41, 5.74) is 18.7. The van der Waals surface area contributed by atoms with Crippen LogP contribution < -0.4 is 0 Å². The molecule has 1 aliphatic carbocycles. The molecule has 0 saturated heterocycles. The Kier molecular flexibility index (Phi) is 11.3. The lowest BCUT2D eigenvalue weighted by atomic mass is 9.82. The van der Waals surface area contributed by atoms with E-state index in [0.717, 1.165) is 6.42 Å². The molecule has 2 aromatic heterocycles. The van der Waals surface area contributed by atoms with Crippen molar-refractivity contribution >= 4 is 129 Å². The molecule has 1 unspecified atom stereocenters. The summed E-state index contributed by atoms with van der Waals surface area (Å²) >= 11 is 1.93. The number of hydrogen-bond acceptors (Lipinski definition) is 1. The van der Waals surface area contributed by atoms with Gasteiger partial charge in [-0.1, -0.05) is 256 Å². The van der Waals surface area contributed by atoms with E-state index in [2.05, 4.69) is 309 Å². The van der Waals surface area contributed by atoms with Crippen LogP contribution in [0.15, 0.2) is 297 Å². The van der Waals surface area contributed by atoms with Crippen LogP contribution in [0.25, 0.3) is 168 Å². The Bertz CT molecular complexity index is 5700. The molecular weight excluding hydrogens is 1070 g/mol. The van der Waals surface area contributed by atoms with Gasteiger partial charge in [0.25, 0.3) is 0 Å². The maximum absolute atomic E-state index is 2.49. The first-order valence-electron chi connectivity index (χ1n) is 30.4. The highest BCUT2D eigenvalue weighted by atomic mass is 32.1. The molecule has 1 atom stereocenters. The van der Waals surface area contributed by atoms with Crippen molar-refractivity contribution < 1.29 is 0 Å². The maximum atomic E-state index is 2.49. The summed E-state index contributed by atoms with van der Waals surface area (Å²) in [6.45, 7) is 2.38. The number of rotatable bonds is 7. The molecule has 17 aromatic rings. The van der Waals surface area contributed by atoms with E-state index in [-0.39, 0.29) is 0 Å². The minimum atomic E-state index is 0.373. The fourth-order valence-corrected chi connectivity index (χ4v) is 16.2.